The van der Waals surface area contributed by atoms with Gasteiger partial charge in [0, 0.05) is 10.7 Å². The van der Waals surface area contributed by atoms with Gasteiger partial charge >= 0.3 is 0 Å². The van der Waals surface area contributed by atoms with Gasteiger partial charge in [-0.1, -0.05) is 11.6 Å². The predicted octanol–water partition coefficient (Wildman–Crippen LogP) is 2.76. The van der Waals surface area contributed by atoms with E-state index in [2.05, 4.69) is 10.6 Å². The topological polar surface area (TPSA) is 41.1 Å². The molecule has 17 heavy (non-hydrogen) atoms. The lowest BCUT2D eigenvalue weighted by Gasteiger charge is -2.12. The molecule has 94 valence electrons. The Morgan fingerprint density at radius 1 is 1.53 bits per heavy atom. The molecule has 5 heteroatoms. The molecule has 0 bridgehead atoms. The monoisotopic (exact) mass is 274 g/mol. The van der Waals surface area contributed by atoms with Gasteiger partial charge in [-0.3, -0.25) is 4.79 Å². The summed E-state index contributed by atoms with van der Waals surface area (Å²) >= 11 is 5.86. The summed E-state index contributed by atoms with van der Waals surface area (Å²) in [6, 6.07) is 5.42. The third-order valence-corrected chi connectivity index (χ3v) is 3.06. The van der Waals surface area contributed by atoms with Gasteiger partial charge in [0.05, 0.1) is 6.04 Å². The molecule has 0 saturated carbocycles. The highest BCUT2D eigenvalue weighted by molar-refractivity contribution is 6.30. The summed E-state index contributed by atoms with van der Waals surface area (Å²) in [5.41, 5.74) is 1.82. The van der Waals surface area contributed by atoms with Crippen LogP contribution >= 0.6 is 24.0 Å². The van der Waals surface area contributed by atoms with Crippen molar-refractivity contribution in [1.29, 1.82) is 0 Å². The average Bonchev–Trinajstić information content (AvgIpc) is 2.75. The maximum absolute atomic E-state index is 11.8. The zero-order valence-corrected chi connectivity index (χ0v) is 11.2. The Hall–Kier alpha value is -0.770. The largest absolute Gasteiger partial charge is 0.324 e. The number of halogens is 2. The first-order valence-corrected chi connectivity index (χ1v) is 5.85. The third kappa shape index (κ3) is 3.60. The van der Waals surface area contributed by atoms with Gasteiger partial charge in [0.1, 0.15) is 0 Å². The summed E-state index contributed by atoms with van der Waals surface area (Å²) < 4.78 is 0. The molecule has 0 aromatic heterocycles. The van der Waals surface area contributed by atoms with Crippen molar-refractivity contribution in [3.63, 3.8) is 0 Å². The van der Waals surface area contributed by atoms with E-state index >= 15 is 0 Å². The van der Waals surface area contributed by atoms with Crippen molar-refractivity contribution in [2.24, 2.45) is 0 Å². The molecular formula is C12H16Cl2N2O. The Bertz CT molecular complexity index is 403. The Kier molecular flexibility index (Phi) is 5.25. The van der Waals surface area contributed by atoms with E-state index in [1.54, 1.807) is 6.07 Å². The molecule has 1 aromatic rings. The Labute approximate surface area is 112 Å². The van der Waals surface area contributed by atoms with E-state index in [9.17, 15) is 4.79 Å². The SMILES string of the molecule is Cc1cc(Cl)ccc1NC(=O)C1CCCN1.Cl. The molecule has 2 rings (SSSR count). The normalized spacial score (nSPS) is 18.6. The van der Waals surface area contributed by atoms with E-state index in [1.807, 2.05) is 19.1 Å². The summed E-state index contributed by atoms with van der Waals surface area (Å²) in [5.74, 6) is 0.0444. The zero-order valence-electron chi connectivity index (χ0n) is 9.63. The minimum Gasteiger partial charge on any atom is -0.324 e. The lowest BCUT2D eigenvalue weighted by atomic mass is 10.1. The number of aryl methyl sites for hydroxylation is 1. The molecule has 0 spiro atoms. The van der Waals surface area contributed by atoms with Gasteiger partial charge in [-0.05, 0) is 50.1 Å². The number of hydrogen-bond acceptors (Lipinski definition) is 2. The van der Waals surface area contributed by atoms with Crippen molar-refractivity contribution in [3.8, 4) is 0 Å². The smallest absolute Gasteiger partial charge is 0.241 e. The molecule has 1 fully saturated rings. The second kappa shape index (κ2) is 6.24. The van der Waals surface area contributed by atoms with Crippen LogP contribution in [-0.4, -0.2) is 18.5 Å². The number of carbonyl (C=O) groups excluding carboxylic acids is 1. The molecule has 3 nitrogen and oxygen atoms in total. The molecule has 0 radical (unpaired) electrons. The Morgan fingerprint density at radius 2 is 2.29 bits per heavy atom. The minimum atomic E-state index is -0.0462. The Morgan fingerprint density at radius 3 is 2.88 bits per heavy atom. The lowest BCUT2D eigenvalue weighted by Crippen LogP contribution is -2.35. The fourth-order valence-corrected chi connectivity index (χ4v) is 2.12. The molecule has 1 aliphatic rings. The first kappa shape index (κ1) is 14.3. The molecular weight excluding hydrogens is 259 g/mol. The van der Waals surface area contributed by atoms with Crippen LogP contribution in [0.4, 0.5) is 5.69 Å². The fraction of sp³-hybridized carbons (Fsp3) is 0.417. The van der Waals surface area contributed by atoms with Gasteiger partial charge in [0.15, 0.2) is 0 Å². The highest BCUT2D eigenvalue weighted by atomic mass is 35.5. The van der Waals surface area contributed by atoms with E-state index < -0.39 is 0 Å². The number of hydrogen-bond donors (Lipinski definition) is 2. The van der Waals surface area contributed by atoms with Gasteiger partial charge in [-0.2, -0.15) is 0 Å². The van der Waals surface area contributed by atoms with Crippen molar-refractivity contribution in [1.82, 2.24) is 5.32 Å². The summed E-state index contributed by atoms with van der Waals surface area (Å²) in [5, 5.41) is 6.78. The average molecular weight is 275 g/mol. The first-order chi connectivity index (χ1) is 7.66. The van der Waals surface area contributed by atoms with E-state index in [4.69, 9.17) is 11.6 Å². The second-order valence-electron chi connectivity index (χ2n) is 4.10. The van der Waals surface area contributed by atoms with Crippen LogP contribution in [0.25, 0.3) is 0 Å². The van der Waals surface area contributed by atoms with Gasteiger partial charge in [0.25, 0.3) is 0 Å². The third-order valence-electron chi connectivity index (χ3n) is 2.82. The van der Waals surface area contributed by atoms with E-state index in [0.29, 0.717) is 5.02 Å². The van der Waals surface area contributed by atoms with Crippen LogP contribution in [0.2, 0.25) is 5.02 Å². The predicted molar refractivity (Wildman–Crippen MR) is 73.1 cm³/mol. The fourth-order valence-electron chi connectivity index (χ4n) is 1.90. The lowest BCUT2D eigenvalue weighted by molar-refractivity contribution is -0.117. The second-order valence-corrected chi connectivity index (χ2v) is 4.53. The molecule has 1 saturated heterocycles. The molecule has 1 aliphatic heterocycles. The quantitative estimate of drug-likeness (QED) is 0.871. The number of anilines is 1. The summed E-state index contributed by atoms with van der Waals surface area (Å²) in [6.45, 7) is 2.86. The standard InChI is InChI=1S/C12H15ClN2O.ClH/c1-8-7-9(13)4-5-10(8)15-12(16)11-3-2-6-14-11;/h4-5,7,11,14H,2-3,6H2,1H3,(H,15,16);1H. The van der Waals surface area contributed by atoms with Crippen LogP contribution < -0.4 is 10.6 Å². The van der Waals surface area contributed by atoms with Crippen molar-refractivity contribution in [2.45, 2.75) is 25.8 Å². The molecule has 1 amide bonds. The summed E-state index contributed by atoms with van der Waals surface area (Å²) in [4.78, 5) is 11.8. The number of amides is 1. The summed E-state index contributed by atoms with van der Waals surface area (Å²) in [6.07, 6.45) is 1.98. The minimum absolute atomic E-state index is 0. The zero-order chi connectivity index (χ0) is 11.5. The van der Waals surface area contributed by atoms with Crippen molar-refractivity contribution in [3.05, 3.63) is 28.8 Å². The number of carbonyl (C=O) groups is 1. The van der Waals surface area contributed by atoms with Gasteiger partial charge in [0.2, 0.25) is 5.91 Å². The highest BCUT2D eigenvalue weighted by Crippen LogP contribution is 2.20. The van der Waals surface area contributed by atoms with E-state index in [1.165, 1.54) is 0 Å². The van der Waals surface area contributed by atoms with E-state index in [0.717, 1.165) is 30.6 Å². The first-order valence-electron chi connectivity index (χ1n) is 5.47. The van der Waals surface area contributed by atoms with Crippen LogP contribution in [0, 0.1) is 6.92 Å². The van der Waals surface area contributed by atoms with Crippen molar-refractivity contribution in [2.75, 3.05) is 11.9 Å². The molecule has 1 heterocycles. The Balaban J connectivity index is 0.00000144. The van der Waals surface area contributed by atoms with Gasteiger partial charge in [-0.15, -0.1) is 12.4 Å². The van der Waals surface area contributed by atoms with Crippen LogP contribution in [0.5, 0.6) is 0 Å². The molecule has 0 aliphatic carbocycles. The molecule has 1 atom stereocenters. The number of rotatable bonds is 2. The number of benzene rings is 1. The highest BCUT2D eigenvalue weighted by Gasteiger charge is 2.22. The van der Waals surface area contributed by atoms with Crippen molar-refractivity contribution >= 4 is 35.6 Å². The maximum Gasteiger partial charge on any atom is 0.241 e. The maximum atomic E-state index is 11.8. The molecule has 1 aromatic carbocycles. The van der Waals surface area contributed by atoms with Crippen LogP contribution in [-0.2, 0) is 4.79 Å². The van der Waals surface area contributed by atoms with Crippen molar-refractivity contribution < 1.29 is 4.79 Å². The van der Waals surface area contributed by atoms with Crippen LogP contribution in [0.3, 0.4) is 0 Å². The molecule has 1 unspecified atom stereocenters. The van der Waals surface area contributed by atoms with Gasteiger partial charge < -0.3 is 10.6 Å². The van der Waals surface area contributed by atoms with Crippen LogP contribution in [0.15, 0.2) is 18.2 Å². The summed E-state index contributed by atoms with van der Waals surface area (Å²) in [7, 11) is 0. The van der Waals surface area contributed by atoms with Gasteiger partial charge in [-0.25, -0.2) is 0 Å². The van der Waals surface area contributed by atoms with Crippen LogP contribution in [0.1, 0.15) is 18.4 Å². The number of nitrogens with one attached hydrogen (secondary N) is 2. The van der Waals surface area contributed by atoms with E-state index in [-0.39, 0.29) is 24.4 Å². The molecule has 2 N–H and O–H groups in total.